The van der Waals surface area contributed by atoms with Crippen molar-refractivity contribution in [2.75, 3.05) is 11.9 Å². The first-order chi connectivity index (χ1) is 14.3. The molecule has 0 spiro atoms. The monoisotopic (exact) mass is 406 g/mol. The third kappa shape index (κ3) is 3.52. The van der Waals surface area contributed by atoms with Gasteiger partial charge < -0.3 is 14.8 Å². The van der Waals surface area contributed by atoms with Gasteiger partial charge in [0.05, 0.1) is 17.7 Å². The molecule has 7 heteroatoms. The second-order valence-corrected chi connectivity index (χ2v) is 8.34. The van der Waals surface area contributed by atoms with Gasteiger partial charge in [0.15, 0.2) is 5.82 Å². The Morgan fingerprint density at radius 1 is 1.17 bits per heavy atom. The van der Waals surface area contributed by atoms with Crippen LogP contribution in [0.1, 0.15) is 41.5 Å². The summed E-state index contributed by atoms with van der Waals surface area (Å²) in [5.74, 6) is 2.26. The van der Waals surface area contributed by atoms with Gasteiger partial charge in [0, 0.05) is 29.4 Å². The summed E-state index contributed by atoms with van der Waals surface area (Å²) in [6.45, 7) is 0.0593. The summed E-state index contributed by atoms with van der Waals surface area (Å²) in [7, 11) is 0. The van der Waals surface area contributed by atoms with Crippen LogP contribution in [-0.2, 0) is 12.8 Å². The summed E-state index contributed by atoms with van der Waals surface area (Å²) in [4.78, 5) is 16.4. The summed E-state index contributed by atoms with van der Waals surface area (Å²) in [6, 6.07) is 7.51. The van der Waals surface area contributed by atoms with Crippen LogP contribution in [0.4, 0.5) is 5.82 Å². The minimum absolute atomic E-state index is 0.0593. The Hall–Kier alpha value is -2.77. The SMILES string of the molecule is OCCC(Nc1nc(-c2cccnc2)nc2sc3c(c12)CCCC3)c1ccco1. The van der Waals surface area contributed by atoms with Crippen molar-refractivity contribution in [3.8, 4) is 11.4 Å². The van der Waals surface area contributed by atoms with Crippen molar-refractivity contribution >= 4 is 27.4 Å². The van der Waals surface area contributed by atoms with Crippen LogP contribution in [0.15, 0.2) is 47.3 Å². The van der Waals surface area contributed by atoms with Crippen molar-refractivity contribution in [1.82, 2.24) is 15.0 Å². The zero-order chi connectivity index (χ0) is 19.6. The fourth-order valence-electron chi connectivity index (χ4n) is 3.96. The van der Waals surface area contributed by atoms with Crippen LogP contribution in [-0.4, -0.2) is 26.7 Å². The van der Waals surface area contributed by atoms with Crippen molar-refractivity contribution in [3.63, 3.8) is 0 Å². The smallest absolute Gasteiger partial charge is 0.164 e. The number of anilines is 1. The number of nitrogens with zero attached hydrogens (tertiary/aromatic N) is 3. The maximum absolute atomic E-state index is 9.59. The van der Waals surface area contributed by atoms with Crippen molar-refractivity contribution in [3.05, 3.63) is 59.1 Å². The van der Waals surface area contributed by atoms with Gasteiger partial charge in [-0.25, -0.2) is 9.97 Å². The number of aromatic nitrogens is 3. The maximum atomic E-state index is 9.59. The Kier molecular flexibility index (Phi) is 4.99. The first-order valence-corrected chi connectivity index (χ1v) is 10.8. The highest BCUT2D eigenvalue weighted by atomic mass is 32.1. The third-order valence-corrected chi connectivity index (χ3v) is 6.54. The number of aliphatic hydroxyl groups is 1. The van der Waals surface area contributed by atoms with E-state index in [0.717, 1.165) is 40.2 Å². The Labute approximate surface area is 172 Å². The van der Waals surface area contributed by atoms with Gasteiger partial charge in [0.1, 0.15) is 16.4 Å². The maximum Gasteiger partial charge on any atom is 0.164 e. The number of aliphatic hydroxyl groups excluding tert-OH is 1. The molecule has 4 aromatic heterocycles. The van der Waals surface area contributed by atoms with Crippen molar-refractivity contribution in [1.29, 1.82) is 0 Å². The number of furan rings is 1. The lowest BCUT2D eigenvalue weighted by atomic mass is 9.97. The standard InChI is InChI=1S/C22H22N4O2S/c27-11-9-16(17-7-4-12-28-17)24-21-19-15-6-1-2-8-18(15)29-22(19)26-20(25-21)14-5-3-10-23-13-14/h3-5,7,10,12-13,16,27H,1-2,6,8-9,11H2,(H,24,25,26). The highest BCUT2D eigenvalue weighted by molar-refractivity contribution is 7.19. The molecule has 0 aromatic carbocycles. The molecule has 5 rings (SSSR count). The van der Waals surface area contributed by atoms with Gasteiger partial charge in [0.25, 0.3) is 0 Å². The molecule has 6 nitrogen and oxygen atoms in total. The quantitative estimate of drug-likeness (QED) is 0.480. The summed E-state index contributed by atoms with van der Waals surface area (Å²) in [5, 5.41) is 14.3. The highest BCUT2D eigenvalue weighted by Crippen LogP contribution is 2.40. The number of nitrogens with one attached hydrogen (secondary N) is 1. The topological polar surface area (TPSA) is 84.1 Å². The molecule has 0 radical (unpaired) electrons. The molecule has 0 saturated heterocycles. The van der Waals surface area contributed by atoms with Crippen molar-refractivity contribution in [2.45, 2.75) is 38.1 Å². The van der Waals surface area contributed by atoms with E-state index in [2.05, 4.69) is 10.3 Å². The molecule has 2 N–H and O–H groups in total. The molecule has 1 atom stereocenters. The molecule has 0 bridgehead atoms. The number of pyridine rings is 1. The van der Waals surface area contributed by atoms with Crippen LogP contribution in [0.2, 0.25) is 0 Å². The van der Waals surface area contributed by atoms with E-state index in [4.69, 9.17) is 14.4 Å². The molecular formula is C22H22N4O2S. The molecule has 1 unspecified atom stereocenters. The summed E-state index contributed by atoms with van der Waals surface area (Å²) < 4.78 is 5.62. The second-order valence-electron chi connectivity index (χ2n) is 7.25. The zero-order valence-corrected chi connectivity index (χ0v) is 16.8. The minimum Gasteiger partial charge on any atom is -0.467 e. The van der Waals surface area contributed by atoms with Crippen LogP contribution in [0.25, 0.3) is 21.6 Å². The molecule has 1 aliphatic carbocycles. The van der Waals surface area contributed by atoms with Gasteiger partial charge in [-0.1, -0.05) is 0 Å². The van der Waals surface area contributed by atoms with Crippen LogP contribution in [0.3, 0.4) is 0 Å². The lowest BCUT2D eigenvalue weighted by Gasteiger charge is -2.19. The van der Waals surface area contributed by atoms with E-state index in [1.807, 2.05) is 24.3 Å². The van der Waals surface area contributed by atoms with Gasteiger partial charge in [-0.05, 0) is 61.9 Å². The van der Waals surface area contributed by atoms with Crippen LogP contribution < -0.4 is 5.32 Å². The summed E-state index contributed by atoms with van der Waals surface area (Å²) >= 11 is 1.78. The number of hydrogen-bond donors (Lipinski definition) is 2. The van der Waals surface area contributed by atoms with Gasteiger partial charge in [-0.3, -0.25) is 4.98 Å². The van der Waals surface area contributed by atoms with Gasteiger partial charge in [-0.2, -0.15) is 0 Å². The van der Waals surface area contributed by atoms with Crippen LogP contribution >= 0.6 is 11.3 Å². The summed E-state index contributed by atoms with van der Waals surface area (Å²) in [5.41, 5.74) is 2.26. The lowest BCUT2D eigenvalue weighted by molar-refractivity contribution is 0.273. The number of fused-ring (bicyclic) bond motifs is 3. The molecule has 29 heavy (non-hydrogen) atoms. The molecule has 4 aromatic rings. The van der Waals surface area contributed by atoms with E-state index in [1.165, 1.54) is 23.3 Å². The molecule has 0 amide bonds. The van der Waals surface area contributed by atoms with E-state index in [0.29, 0.717) is 12.2 Å². The molecular weight excluding hydrogens is 384 g/mol. The normalized spacial score (nSPS) is 14.7. The Morgan fingerprint density at radius 2 is 2.10 bits per heavy atom. The molecule has 148 valence electrons. The van der Waals surface area contributed by atoms with Crippen LogP contribution in [0.5, 0.6) is 0 Å². The number of aryl methyl sites for hydroxylation is 2. The van der Waals surface area contributed by atoms with E-state index in [-0.39, 0.29) is 12.6 Å². The fourth-order valence-corrected chi connectivity index (χ4v) is 5.22. The van der Waals surface area contributed by atoms with Crippen LogP contribution in [0, 0.1) is 0 Å². The first-order valence-electron chi connectivity index (χ1n) is 9.97. The first kappa shape index (κ1) is 18.3. The molecule has 0 aliphatic heterocycles. The van der Waals surface area contributed by atoms with Gasteiger partial charge in [0.2, 0.25) is 0 Å². The van der Waals surface area contributed by atoms with Gasteiger partial charge in [-0.15, -0.1) is 11.3 Å². The second kappa shape index (κ2) is 7.93. The van der Waals surface area contributed by atoms with E-state index in [1.54, 1.807) is 30.0 Å². The third-order valence-electron chi connectivity index (χ3n) is 5.35. The number of rotatable bonds is 6. The molecule has 0 fully saturated rings. The highest BCUT2D eigenvalue weighted by Gasteiger charge is 2.24. The number of hydrogen-bond acceptors (Lipinski definition) is 7. The lowest BCUT2D eigenvalue weighted by Crippen LogP contribution is -2.14. The van der Waals surface area contributed by atoms with Gasteiger partial charge >= 0.3 is 0 Å². The van der Waals surface area contributed by atoms with Crippen molar-refractivity contribution < 1.29 is 9.52 Å². The zero-order valence-electron chi connectivity index (χ0n) is 16.0. The molecule has 4 heterocycles. The molecule has 1 aliphatic rings. The van der Waals surface area contributed by atoms with E-state index >= 15 is 0 Å². The Morgan fingerprint density at radius 3 is 2.90 bits per heavy atom. The average molecular weight is 407 g/mol. The predicted octanol–water partition coefficient (Wildman–Crippen LogP) is 4.76. The Balaban J connectivity index is 1.66. The molecule has 0 saturated carbocycles. The van der Waals surface area contributed by atoms with E-state index in [9.17, 15) is 5.11 Å². The largest absolute Gasteiger partial charge is 0.467 e. The minimum atomic E-state index is -0.158. The number of thiophene rings is 1. The van der Waals surface area contributed by atoms with E-state index < -0.39 is 0 Å². The summed E-state index contributed by atoms with van der Waals surface area (Å²) in [6.07, 6.45) is 10.3. The average Bonchev–Trinajstić information content (AvgIpc) is 3.42. The van der Waals surface area contributed by atoms with Crippen molar-refractivity contribution in [2.24, 2.45) is 0 Å². The Bertz CT molecular complexity index is 1110. The predicted molar refractivity (Wildman–Crippen MR) is 114 cm³/mol. The fraction of sp³-hybridized carbons (Fsp3) is 0.318.